The first-order valence-corrected chi connectivity index (χ1v) is 10.7. The second-order valence-corrected chi connectivity index (χ2v) is 13.3. The number of rotatable bonds is 2. The van der Waals surface area contributed by atoms with Gasteiger partial charge in [-0.2, -0.15) is 0 Å². The van der Waals surface area contributed by atoms with Crippen molar-refractivity contribution in [2.45, 2.75) is 23.0 Å². The Balaban J connectivity index is 1.49. The maximum atomic E-state index is 6.76. The molecule has 0 heterocycles. The van der Waals surface area contributed by atoms with Crippen LogP contribution in [0.1, 0.15) is 0 Å². The van der Waals surface area contributed by atoms with Gasteiger partial charge in [0.15, 0.2) is 0 Å². The van der Waals surface area contributed by atoms with Crippen molar-refractivity contribution in [3.63, 3.8) is 0 Å². The second kappa shape index (κ2) is 2.16. The molecule has 0 bridgehead atoms. The number of halogens is 1. The Bertz CT molecular complexity index is 551. The molecule has 0 N–H and O–H groups in total. The van der Waals surface area contributed by atoms with Crippen LogP contribution in [0, 0.1) is 35.5 Å². The van der Waals surface area contributed by atoms with Crippen molar-refractivity contribution >= 4 is 24.9 Å². The molecule has 92 valence electrons. The summed E-state index contributed by atoms with van der Waals surface area (Å²) in [6.07, 6.45) is 0. The van der Waals surface area contributed by atoms with Crippen LogP contribution in [0.5, 0.6) is 0 Å². The van der Waals surface area contributed by atoms with Crippen molar-refractivity contribution < 1.29 is 0 Å². The molecule has 6 aliphatic rings. The summed E-state index contributed by atoms with van der Waals surface area (Å²) in [6.45, 7) is 5.26. The van der Waals surface area contributed by atoms with Crippen molar-refractivity contribution in [2.75, 3.05) is 0 Å². The van der Waals surface area contributed by atoms with Gasteiger partial charge in [-0.3, -0.25) is 0 Å². The lowest BCUT2D eigenvalue weighted by atomic mass is 9.00. The van der Waals surface area contributed by atoms with Crippen LogP contribution in [0.3, 0.4) is 0 Å². The average Bonchev–Trinajstić information content (AvgIpc) is 2.40. The van der Waals surface area contributed by atoms with Crippen LogP contribution >= 0.6 is 11.6 Å². The molecule has 0 nitrogen and oxygen atoms in total. The monoisotopic (exact) mass is 272 g/mol. The summed E-state index contributed by atoms with van der Waals surface area (Å²) in [5.74, 6) is 6.02. The molecule has 2 heteroatoms. The minimum atomic E-state index is -1.30. The van der Waals surface area contributed by atoms with Crippen molar-refractivity contribution in [3.8, 4) is 0 Å². The minimum absolute atomic E-state index is 0.350. The van der Waals surface area contributed by atoms with E-state index in [4.69, 9.17) is 11.6 Å². The van der Waals surface area contributed by atoms with Crippen LogP contribution in [0.25, 0.3) is 0 Å². The van der Waals surface area contributed by atoms with E-state index in [2.05, 4.69) is 43.4 Å². The Labute approximate surface area is 114 Å². The third kappa shape index (κ3) is 0.498. The van der Waals surface area contributed by atoms with Gasteiger partial charge in [0, 0.05) is 0 Å². The molecule has 0 aromatic heterocycles. The lowest BCUT2D eigenvalue weighted by Crippen LogP contribution is -3.11. The van der Waals surface area contributed by atoms with E-state index in [1.807, 2.05) is 0 Å². The van der Waals surface area contributed by atoms with E-state index in [-0.39, 0.29) is 0 Å². The smallest absolute Gasteiger partial charge is 0.0876 e. The first kappa shape index (κ1) is 9.60. The molecule has 0 saturated heterocycles. The normalized spacial score (nSPS) is 63.7. The fraction of sp³-hybridized carbons (Fsp3) is 0.625. The maximum Gasteiger partial charge on any atom is 0.0876 e. The lowest BCUT2D eigenvalue weighted by Gasteiger charge is -3.12. The predicted molar refractivity (Wildman–Crippen MR) is 75.8 cm³/mol. The van der Waals surface area contributed by atoms with Crippen LogP contribution < -0.4 is 5.19 Å². The lowest BCUT2D eigenvalue weighted by molar-refractivity contribution is -0.538. The van der Waals surface area contributed by atoms with Crippen LogP contribution in [0.15, 0.2) is 30.3 Å². The highest BCUT2D eigenvalue weighted by atomic mass is 35.5. The molecule has 0 atom stereocenters. The Morgan fingerprint density at radius 1 is 0.889 bits per heavy atom. The largest absolute Gasteiger partial charge is 0.118 e. The molecule has 0 aliphatic heterocycles. The first-order chi connectivity index (χ1) is 8.59. The molecule has 0 spiro atoms. The van der Waals surface area contributed by atoms with Gasteiger partial charge < -0.3 is 0 Å². The third-order valence-corrected chi connectivity index (χ3v) is 13.8. The van der Waals surface area contributed by atoms with Gasteiger partial charge in [-0.15, -0.1) is 11.6 Å². The fourth-order valence-electron chi connectivity index (χ4n) is 7.75. The molecule has 1 aromatic carbocycles. The Morgan fingerprint density at radius 3 is 1.89 bits per heavy atom. The number of alkyl halides is 1. The van der Waals surface area contributed by atoms with Gasteiger partial charge in [-0.25, -0.2) is 0 Å². The van der Waals surface area contributed by atoms with Gasteiger partial charge in [-0.05, 0) is 40.5 Å². The van der Waals surface area contributed by atoms with E-state index in [1.54, 1.807) is 5.19 Å². The molecule has 7 rings (SSSR count). The number of benzene rings is 1. The zero-order valence-corrected chi connectivity index (χ0v) is 12.5. The topological polar surface area (TPSA) is 0 Å². The molecular weight excluding hydrogens is 256 g/mol. The first-order valence-electron chi connectivity index (χ1n) is 7.33. The molecule has 0 unspecified atom stereocenters. The third-order valence-electron chi connectivity index (χ3n) is 8.09. The highest BCUT2D eigenvalue weighted by molar-refractivity contribution is 6.93. The highest BCUT2D eigenvalue weighted by Crippen LogP contribution is 3.12. The van der Waals surface area contributed by atoms with E-state index in [1.165, 1.54) is 0 Å². The molecule has 6 fully saturated rings. The van der Waals surface area contributed by atoms with Crippen LogP contribution in [-0.4, -0.2) is 12.9 Å². The zero-order chi connectivity index (χ0) is 12.1. The van der Waals surface area contributed by atoms with Gasteiger partial charge >= 0.3 is 0 Å². The van der Waals surface area contributed by atoms with E-state index >= 15 is 0 Å². The fourth-order valence-corrected chi connectivity index (χ4v) is 13.7. The summed E-state index contributed by atoms with van der Waals surface area (Å²) in [5, 5.41) is 2.48. The van der Waals surface area contributed by atoms with Crippen LogP contribution in [-0.2, 0) is 0 Å². The summed E-state index contributed by atoms with van der Waals surface area (Å²) in [6, 6.07) is 11.4. The summed E-state index contributed by atoms with van der Waals surface area (Å²) < 4.78 is 0. The maximum absolute atomic E-state index is 6.76. The average molecular weight is 273 g/mol. The Morgan fingerprint density at radius 2 is 1.39 bits per heavy atom. The zero-order valence-electron chi connectivity index (χ0n) is 10.7. The van der Waals surface area contributed by atoms with Gasteiger partial charge in [-0.1, -0.05) is 48.6 Å². The van der Waals surface area contributed by atoms with E-state index in [9.17, 15) is 0 Å². The number of hydrogen-bond acceptors (Lipinski definition) is 0. The summed E-state index contributed by atoms with van der Waals surface area (Å²) in [7, 11) is -1.30. The summed E-state index contributed by atoms with van der Waals surface area (Å²) in [4.78, 5) is 0.350. The molecule has 1 aromatic rings. The standard InChI is InChI=1S/C16H17ClSi/c1-18(2,8-6-4-3-5-7-8)16-12-9-13(16)11-14(16)10(12)15(9,11)17/h3-7,9-14H,1-2H3. The minimum Gasteiger partial charge on any atom is -0.118 e. The Kier molecular flexibility index (Phi) is 1.15. The van der Waals surface area contributed by atoms with Gasteiger partial charge in [0.25, 0.3) is 0 Å². The second-order valence-electron chi connectivity index (χ2n) is 7.91. The van der Waals surface area contributed by atoms with E-state index in [0.29, 0.717) is 4.87 Å². The van der Waals surface area contributed by atoms with Crippen molar-refractivity contribution in [3.05, 3.63) is 30.3 Å². The van der Waals surface area contributed by atoms with Gasteiger partial charge in [0.05, 0.1) is 12.9 Å². The SMILES string of the molecule is C[Si](C)(c1ccccc1)C12C3C4C1C1C2C3C41Cl. The van der Waals surface area contributed by atoms with Crippen LogP contribution in [0.4, 0.5) is 0 Å². The van der Waals surface area contributed by atoms with Crippen molar-refractivity contribution in [1.82, 2.24) is 0 Å². The highest BCUT2D eigenvalue weighted by Gasteiger charge is 3.11. The van der Waals surface area contributed by atoms with E-state index in [0.717, 1.165) is 40.5 Å². The predicted octanol–water partition coefficient (Wildman–Crippen LogP) is 3.09. The molecule has 0 radical (unpaired) electrons. The summed E-state index contributed by atoms with van der Waals surface area (Å²) >= 11 is 6.76. The molecular formula is C16H17ClSi. The molecule has 6 aliphatic carbocycles. The Hall–Kier alpha value is -0.273. The molecule has 0 amide bonds. The quantitative estimate of drug-likeness (QED) is 0.573. The summed E-state index contributed by atoms with van der Waals surface area (Å²) in [5.41, 5.74) is 0. The van der Waals surface area contributed by atoms with Gasteiger partial charge in [0.1, 0.15) is 0 Å². The molecule has 6 saturated carbocycles. The van der Waals surface area contributed by atoms with Crippen molar-refractivity contribution in [2.24, 2.45) is 35.5 Å². The van der Waals surface area contributed by atoms with Crippen LogP contribution in [0.2, 0.25) is 18.1 Å². The van der Waals surface area contributed by atoms with E-state index < -0.39 is 8.07 Å². The number of hydrogen-bond donors (Lipinski definition) is 0. The molecule has 18 heavy (non-hydrogen) atoms. The van der Waals surface area contributed by atoms with Gasteiger partial charge in [0.2, 0.25) is 0 Å². The van der Waals surface area contributed by atoms with Crippen molar-refractivity contribution in [1.29, 1.82) is 0 Å².